The lowest BCUT2D eigenvalue weighted by molar-refractivity contribution is -0.124. The van der Waals surface area contributed by atoms with Gasteiger partial charge in [0.25, 0.3) is 5.91 Å². The van der Waals surface area contributed by atoms with Gasteiger partial charge in [-0.15, -0.1) is 0 Å². The van der Waals surface area contributed by atoms with E-state index in [4.69, 9.17) is 9.47 Å². The van der Waals surface area contributed by atoms with Crippen LogP contribution in [0.3, 0.4) is 0 Å². The quantitative estimate of drug-likeness (QED) is 0.622. The Morgan fingerprint density at radius 1 is 1.04 bits per heavy atom. The van der Waals surface area contributed by atoms with Crippen LogP contribution < -0.4 is 25.4 Å². The molecule has 0 spiro atoms. The number of likely N-dealkylation sites (N-methyl/N-ethyl adjacent to an activating group) is 1. The third-order valence-corrected chi connectivity index (χ3v) is 3.92. The fraction of sp³-hybridized carbons (Fsp3) is 0.556. The van der Waals surface area contributed by atoms with Gasteiger partial charge in [-0.25, -0.2) is 0 Å². The Kier molecular flexibility index (Phi) is 8.21. The van der Waals surface area contributed by atoms with Crippen LogP contribution in [0.1, 0.15) is 31.1 Å². The van der Waals surface area contributed by atoms with Gasteiger partial charge in [0.1, 0.15) is 17.5 Å². The Morgan fingerprint density at radius 2 is 1.60 bits per heavy atom. The number of hydrogen-bond acceptors (Lipinski definition) is 5. The summed E-state index contributed by atoms with van der Waals surface area (Å²) < 4.78 is 10.4. The van der Waals surface area contributed by atoms with Gasteiger partial charge in [0.05, 0.1) is 14.2 Å². The largest absolute Gasteiger partial charge is 0.497 e. The average Bonchev–Trinajstić information content (AvgIpc) is 2.62. The molecule has 140 valence electrons. The second kappa shape index (κ2) is 9.88. The lowest BCUT2D eigenvalue weighted by Gasteiger charge is -2.23. The van der Waals surface area contributed by atoms with E-state index in [-0.39, 0.29) is 23.8 Å². The molecule has 0 bridgehead atoms. The van der Waals surface area contributed by atoms with Crippen molar-refractivity contribution in [2.75, 3.05) is 27.8 Å². The van der Waals surface area contributed by atoms with Gasteiger partial charge in [-0.1, -0.05) is 13.8 Å². The first-order valence-electron chi connectivity index (χ1n) is 8.31. The molecule has 7 heteroatoms. The van der Waals surface area contributed by atoms with Gasteiger partial charge in [-0.3, -0.25) is 9.59 Å². The second-order valence-electron chi connectivity index (χ2n) is 6.23. The monoisotopic (exact) mass is 351 g/mol. The molecule has 0 fully saturated rings. The van der Waals surface area contributed by atoms with Gasteiger partial charge >= 0.3 is 0 Å². The van der Waals surface area contributed by atoms with Crippen LogP contribution in [0.4, 0.5) is 0 Å². The maximum absolute atomic E-state index is 12.6. The highest BCUT2D eigenvalue weighted by Gasteiger charge is 2.25. The first-order valence-corrected chi connectivity index (χ1v) is 8.31. The van der Waals surface area contributed by atoms with Crippen LogP contribution in [-0.4, -0.2) is 51.7 Å². The van der Waals surface area contributed by atoms with Crippen molar-refractivity contribution in [2.24, 2.45) is 5.92 Å². The molecule has 2 amide bonds. The molecule has 3 N–H and O–H groups in total. The molecule has 0 aromatic heterocycles. The molecule has 1 rings (SSSR count). The van der Waals surface area contributed by atoms with Crippen LogP contribution in [0.2, 0.25) is 0 Å². The number of methoxy groups -OCH3 is 2. The Morgan fingerprint density at radius 3 is 2.04 bits per heavy atom. The molecule has 1 aromatic rings. The van der Waals surface area contributed by atoms with E-state index in [1.807, 2.05) is 27.8 Å². The zero-order valence-corrected chi connectivity index (χ0v) is 15.8. The van der Waals surface area contributed by atoms with Crippen molar-refractivity contribution in [3.63, 3.8) is 0 Å². The number of amides is 2. The van der Waals surface area contributed by atoms with Crippen molar-refractivity contribution < 1.29 is 19.1 Å². The van der Waals surface area contributed by atoms with Gasteiger partial charge in [-0.2, -0.15) is 0 Å². The maximum atomic E-state index is 12.6. The van der Waals surface area contributed by atoms with E-state index in [2.05, 4.69) is 16.0 Å². The number of hydrogen-bond donors (Lipinski definition) is 3. The topological polar surface area (TPSA) is 88.7 Å². The summed E-state index contributed by atoms with van der Waals surface area (Å²) in [5, 5.41) is 8.70. The third kappa shape index (κ3) is 6.26. The van der Waals surface area contributed by atoms with E-state index >= 15 is 0 Å². The van der Waals surface area contributed by atoms with Gasteiger partial charge in [0, 0.05) is 24.2 Å². The second-order valence-corrected chi connectivity index (χ2v) is 6.23. The van der Waals surface area contributed by atoms with E-state index in [9.17, 15) is 9.59 Å². The maximum Gasteiger partial charge on any atom is 0.252 e. The third-order valence-electron chi connectivity index (χ3n) is 3.92. The van der Waals surface area contributed by atoms with Crippen molar-refractivity contribution in [1.29, 1.82) is 0 Å². The van der Waals surface area contributed by atoms with E-state index in [0.717, 1.165) is 0 Å². The number of rotatable bonds is 9. The molecule has 0 radical (unpaired) electrons. The Bertz CT molecular complexity index is 567. The molecule has 0 aliphatic heterocycles. The SMILES string of the molecule is CNC(C)CNC(=O)C(NC(=O)c1cc(OC)cc(OC)c1)C(C)C. The van der Waals surface area contributed by atoms with Crippen molar-refractivity contribution in [1.82, 2.24) is 16.0 Å². The Balaban J connectivity index is 2.87. The molecule has 1 aromatic carbocycles. The number of ether oxygens (including phenoxy) is 2. The lowest BCUT2D eigenvalue weighted by Crippen LogP contribution is -2.51. The van der Waals surface area contributed by atoms with Gasteiger partial charge in [0.15, 0.2) is 0 Å². The summed E-state index contributed by atoms with van der Waals surface area (Å²) in [6.07, 6.45) is 0. The van der Waals surface area contributed by atoms with Gasteiger partial charge < -0.3 is 25.4 Å². The van der Waals surface area contributed by atoms with Crippen molar-refractivity contribution in [2.45, 2.75) is 32.9 Å². The van der Waals surface area contributed by atoms with Gasteiger partial charge in [0.2, 0.25) is 5.91 Å². The minimum absolute atomic E-state index is 0.0543. The zero-order chi connectivity index (χ0) is 19.0. The normalized spacial score (nSPS) is 13.1. The van der Waals surface area contributed by atoms with Crippen molar-refractivity contribution in [3.05, 3.63) is 23.8 Å². The van der Waals surface area contributed by atoms with Crippen LogP contribution in [0.5, 0.6) is 11.5 Å². The Labute approximate surface area is 149 Å². The minimum Gasteiger partial charge on any atom is -0.497 e. The fourth-order valence-electron chi connectivity index (χ4n) is 2.16. The number of carbonyl (C=O) groups excluding carboxylic acids is 2. The molecular formula is C18H29N3O4. The highest BCUT2D eigenvalue weighted by Crippen LogP contribution is 2.22. The first-order chi connectivity index (χ1) is 11.8. The highest BCUT2D eigenvalue weighted by atomic mass is 16.5. The molecule has 0 aliphatic rings. The van der Waals surface area contributed by atoms with Gasteiger partial charge in [-0.05, 0) is 32.0 Å². The highest BCUT2D eigenvalue weighted by molar-refractivity contribution is 5.98. The summed E-state index contributed by atoms with van der Waals surface area (Å²) in [4.78, 5) is 25.0. The van der Waals surface area contributed by atoms with Crippen LogP contribution in [0.25, 0.3) is 0 Å². The molecular weight excluding hydrogens is 322 g/mol. The molecule has 0 aliphatic carbocycles. The predicted octanol–water partition coefficient (Wildman–Crippen LogP) is 1.18. The molecule has 0 saturated heterocycles. The van der Waals surface area contributed by atoms with E-state index in [0.29, 0.717) is 23.6 Å². The molecule has 7 nitrogen and oxygen atoms in total. The number of nitrogens with one attached hydrogen (secondary N) is 3. The molecule has 2 atom stereocenters. The standard InChI is InChI=1S/C18H29N3O4/c1-11(2)16(18(23)20-10-12(3)19-4)21-17(22)13-7-14(24-5)9-15(8-13)25-6/h7-9,11-12,16,19H,10H2,1-6H3,(H,20,23)(H,21,22). The molecule has 25 heavy (non-hydrogen) atoms. The van der Waals surface area contributed by atoms with E-state index in [1.165, 1.54) is 14.2 Å². The fourth-order valence-corrected chi connectivity index (χ4v) is 2.16. The van der Waals surface area contributed by atoms with Crippen LogP contribution in [0, 0.1) is 5.92 Å². The smallest absolute Gasteiger partial charge is 0.252 e. The number of carbonyl (C=O) groups is 2. The summed E-state index contributed by atoms with van der Waals surface area (Å²) in [5.74, 6) is 0.408. The summed E-state index contributed by atoms with van der Waals surface area (Å²) in [5.41, 5.74) is 0.373. The number of benzene rings is 1. The van der Waals surface area contributed by atoms with Crippen LogP contribution >= 0.6 is 0 Å². The predicted molar refractivity (Wildman–Crippen MR) is 97.2 cm³/mol. The van der Waals surface area contributed by atoms with Crippen molar-refractivity contribution in [3.8, 4) is 11.5 Å². The molecule has 0 saturated carbocycles. The van der Waals surface area contributed by atoms with Crippen molar-refractivity contribution >= 4 is 11.8 Å². The zero-order valence-electron chi connectivity index (χ0n) is 15.8. The Hall–Kier alpha value is -2.28. The van der Waals surface area contributed by atoms with Crippen LogP contribution in [0.15, 0.2) is 18.2 Å². The van der Waals surface area contributed by atoms with Crippen LogP contribution in [-0.2, 0) is 4.79 Å². The first kappa shape index (κ1) is 20.8. The average molecular weight is 351 g/mol. The molecule has 2 unspecified atom stereocenters. The lowest BCUT2D eigenvalue weighted by atomic mass is 10.0. The minimum atomic E-state index is -0.631. The summed E-state index contributed by atoms with van der Waals surface area (Å²) >= 11 is 0. The summed E-state index contributed by atoms with van der Waals surface area (Å²) in [6.45, 7) is 6.23. The van der Waals surface area contributed by atoms with E-state index < -0.39 is 6.04 Å². The summed E-state index contributed by atoms with van der Waals surface area (Å²) in [6, 6.07) is 4.42. The van der Waals surface area contributed by atoms with E-state index in [1.54, 1.807) is 18.2 Å². The summed E-state index contributed by atoms with van der Waals surface area (Å²) in [7, 11) is 4.86. The molecule has 0 heterocycles.